The standard InChI is InChI=1S/C22H35ClN6O/c1-24-22(25-11-6-13-28-12-5-9-20(28)21(30)27(2)3)26-18-10-14-29(16-18)19-8-4-7-17(23)15-19/h4,7-8,15,18,20H,5-6,9-14,16H2,1-3H3,(H2,24,25,26). The molecule has 0 bridgehead atoms. The Morgan fingerprint density at radius 3 is 2.87 bits per heavy atom. The molecule has 7 nitrogen and oxygen atoms in total. The Hall–Kier alpha value is -1.99. The second-order valence-electron chi connectivity index (χ2n) is 8.34. The zero-order chi connectivity index (χ0) is 21.5. The van der Waals surface area contributed by atoms with Crippen LogP contribution in [-0.2, 0) is 4.79 Å². The molecule has 2 atom stereocenters. The number of rotatable bonds is 7. The van der Waals surface area contributed by atoms with Gasteiger partial charge in [0.15, 0.2) is 5.96 Å². The van der Waals surface area contributed by atoms with Gasteiger partial charge in [-0.3, -0.25) is 14.7 Å². The van der Waals surface area contributed by atoms with Gasteiger partial charge in [-0.15, -0.1) is 0 Å². The summed E-state index contributed by atoms with van der Waals surface area (Å²) in [5, 5.41) is 7.74. The molecule has 0 aromatic heterocycles. The number of hydrogen-bond donors (Lipinski definition) is 2. The van der Waals surface area contributed by atoms with E-state index in [4.69, 9.17) is 11.6 Å². The second-order valence-corrected chi connectivity index (χ2v) is 8.77. The molecule has 1 aromatic carbocycles. The first-order chi connectivity index (χ1) is 14.5. The molecule has 0 radical (unpaired) electrons. The Labute approximate surface area is 185 Å². The topological polar surface area (TPSA) is 63.2 Å². The van der Waals surface area contributed by atoms with Crippen molar-refractivity contribution in [1.82, 2.24) is 20.4 Å². The minimum absolute atomic E-state index is 0.0494. The number of anilines is 1. The van der Waals surface area contributed by atoms with E-state index in [1.807, 2.05) is 39.3 Å². The highest BCUT2D eigenvalue weighted by Gasteiger charge is 2.31. The van der Waals surface area contributed by atoms with Gasteiger partial charge < -0.3 is 20.4 Å². The molecule has 30 heavy (non-hydrogen) atoms. The largest absolute Gasteiger partial charge is 0.369 e. The van der Waals surface area contributed by atoms with Gasteiger partial charge in [-0.2, -0.15) is 0 Å². The molecule has 0 saturated carbocycles. The molecule has 8 heteroatoms. The first-order valence-electron chi connectivity index (χ1n) is 10.9. The number of aliphatic imine (C=N–C) groups is 1. The molecule has 2 fully saturated rings. The highest BCUT2D eigenvalue weighted by atomic mass is 35.5. The molecule has 2 unspecified atom stereocenters. The van der Waals surface area contributed by atoms with E-state index in [2.05, 4.69) is 31.5 Å². The van der Waals surface area contributed by atoms with Crippen molar-refractivity contribution in [3.63, 3.8) is 0 Å². The molecule has 1 aromatic rings. The molecule has 0 spiro atoms. The first-order valence-corrected chi connectivity index (χ1v) is 11.3. The van der Waals surface area contributed by atoms with Crippen molar-refractivity contribution in [2.75, 3.05) is 58.8 Å². The average molecular weight is 435 g/mol. The fourth-order valence-electron chi connectivity index (χ4n) is 4.33. The van der Waals surface area contributed by atoms with E-state index in [1.165, 1.54) is 5.69 Å². The molecular formula is C22H35ClN6O. The number of guanidine groups is 1. The number of nitrogens with one attached hydrogen (secondary N) is 2. The Kier molecular flexibility index (Phi) is 8.22. The van der Waals surface area contributed by atoms with E-state index in [-0.39, 0.29) is 11.9 Å². The van der Waals surface area contributed by atoms with Gasteiger partial charge in [0.2, 0.25) is 5.91 Å². The minimum Gasteiger partial charge on any atom is -0.369 e. The summed E-state index contributed by atoms with van der Waals surface area (Å²) in [6.07, 6.45) is 4.12. The van der Waals surface area contributed by atoms with Crippen molar-refractivity contribution >= 4 is 29.2 Å². The Morgan fingerprint density at radius 1 is 1.30 bits per heavy atom. The number of carbonyl (C=O) groups is 1. The van der Waals surface area contributed by atoms with E-state index in [0.717, 1.165) is 69.4 Å². The number of nitrogens with zero attached hydrogens (tertiary/aromatic N) is 4. The molecule has 2 N–H and O–H groups in total. The minimum atomic E-state index is 0.0494. The van der Waals surface area contributed by atoms with Crippen molar-refractivity contribution in [2.45, 2.75) is 37.8 Å². The smallest absolute Gasteiger partial charge is 0.239 e. The lowest BCUT2D eigenvalue weighted by Gasteiger charge is -2.26. The maximum absolute atomic E-state index is 12.3. The van der Waals surface area contributed by atoms with Crippen molar-refractivity contribution < 1.29 is 4.79 Å². The van der Waals surface area contributed by atoms with Gasteiger partial charge in [-0.05, 0) is 50.4 Å². The van der Waals surface area contributed by atoms with Crippen LogP contribution in [-0.4, -0.2) is 87.6 Å². The number of benzene rings is 1. The molecular weight excluding hydrogens is 400 g/mol. The van der Waals surface area contributed by atoms with E-state index < -0.39 is 0 Å². The lowest BCUT2D eigenvalue weighted by atomic mass is 10.2. The van der Waals surface area contributed by atoms with E-state index in [1.54, 1.807) is 4.90 Å². The maximum atomic E-state index is 12.3. The summed E-state index contributed by atoms with van der Waals surface area (Å²) in [7, 11) is 5.49. The molecule has 0 aliphatic carbocycles. The first kappa shape index (κ1) is 22.7. The summed E-state index contributed by atoms with van der Waals surface area (Å²) in [4.78, 5) is 23.1. The molecule has 1 amide bonds. The third kappa shape index (κ3) is 6.01. The fourth-order valence-corrected chi connectivity index (χ4v) is 4.52. The third-order valence-corrected chi connectivity index (χ3v) is 6.17. The maximum Gasteiger partial charge on any atom is 0.239 e. The summed E-state index contributed by atoms with van der Waals surface area (Å²) in [5.74, 6) is 1.07. The van der Waals surface area contributed by atoms with Crippen molar-refractivity contribution in [2.24, 2.45) is 4.99 Å². The van der Waals surface area contributed by atoms with E-state index in [0.29, 0.717) is 6.04 Å². The van der Waals surface area contributed by atoms with Crippen LogP contribution >= 0.6 is 11.6 Å². The zero-order valence-corrected chi connectivity index (χ0v) is 19.2. The number of amides is 1. The highest BCUT2D eigenvalue weighted by Crippen LogP contribution is 2.23. The lowest BCUT2D eigenvalue weighted by molar-refractivity contribution is -0.133. The monoisotopic (exact) mass is 434 g/mol. The Morgan fingerprint density at radius 2 is 2.13 bits per heavy atom. The summed E-state index contributed by atoms with van der Waals surface area (Å²) >= 11 is 6.13. The summed E-state index contributed by atoms with van der Waals surface area (Å²) < 4.78 is 0. The van der Waals surface area contributed by atoms with Crippen LogP contribution in [0.4, 0.5) is 5.69 Å². The van der Waals surface area contributed by atoms with Gasteiger partial charge in [-0.25, -0.2) is 0 Å². The zero-order valence-electron chi connectivity index (χ0n) is 18.4. The Bertz CT molecular complexity index is 740. The third-order valence-electron chi connectivity index (χ3n) is 5.93. The van der Waals surface area contributed by atoms with Gasteiger partial charge in [0, 0.05) is 64.1 Å². The predicted molar refractivity (Wildman–Crippen MR) is 124 cm³/mol. The van der Waals surface area contributed by atoms with Crippen molar-refractivity contribution in [3.05, 3.63) is 29.3 Å². The SMILES string of the molecule is CN=C(NCCCN1CCCC1C(=O)N(C)C)NC1CCN(c2cccc(Cl)c2)C1. The van der Waals surface area contributed by atoms with Gasteiger partial charge in [-0.1, -0.05) is 17.7 Å². The van der Waals surface area contributed by atoms with E-state index in [9.17, 15) is 4.79 Å². The summed E-state index contributed by atoms with van der Waals surface area (Å²) in [6.45, 7) is 4.72. The van der Waals surface area contributed by atoms with E-state index >= 15 is 0 Å². The summed E-state index contributed by atoms with van der Waals surface area (Å²) in [6, 6.07) is 8.43. The van der Waals surface area contributed by atoms with Crippen LogP contribution in [0.3, 0.4) is 0 Å². The average Bonchev–Trinajstić information content (AvgIpc) is 3.39. The molecule has 2 saturated heterocycles. The molecule has 2 aliphatic rings. The van der Waals surface area contributed by atoms with Crippen LogP contribution in [0.1, 0.15) is 25.7 Å². The van der Waals surface area contributed by atoms with Crippen LogP contribution in [0, 0.1) is 0 Å². The van der Waals surface area contributed by atoms with Gasteiger partial charge in [0.25, 0.3) is 0 Å². The molecule has 3 rings (SSSR count). The number of hydrogen-bond acceptors (Lipinski definition) is 4. The fraction of sp³-hybridized carbons (Fsp3) is 0.636. The number of carbonyl (C=O) groups excluding carboxylic acids is 1. The molecule has 2 aliphatic heterocycles. The van der Waals surface area contributed by atoms with Gasteiger partial charge in [0.05, 0.1) is 6.04 Å². The second kappa shape index (κ2) is 10.9. The van der Waals surface area contributed by atoms with Crippen molar-refractivity contribution in [3.8, 4) is 0 Å². The van der Waals surface area contributed by atoms with Crippen LogP contribution in [0.5, 0.6) is 0 Å². The summed E-state index contributed by atoms with van der Waals surface area (Å²) in [5.41, 5.74) is 1.17. The van der Waals surface area contributed by atoms with Crippen LogP contribution < -0.4 is 15.5 Å². The number of likely N-dealkylation sites (tertiary alicyclic amines) is 1. The van der Waals surface area contributed by atoms with Crippen LogP contribution in [0.25, 0.3) is 0 Å². The normalized spacial score (nSPS) is 22.4. The highest BCUT2D eigenvalue weighted by molar-refractivity contribution is 6.30. The molecule has 166 valence electrons. The Balaban J connectivity index is 1.39. The van der Waals surface area contributed by atoms with Crippen LogP contribution in [0.15, 0.2) is 29.3 Å². The number of likely N-dealkylation sites (N-methyl/N-ethyl adjacent to an activating group) is 1. The number of halogens is 1. The van der Waals surface area contributed by atoms with Gasteiger partial charge in [0.1, 0.15) is 0 Å². The van der Waals surface area contributed by atoms with Crippen molar-refractivity contribution in [1.29, 1.82) is 0 Å². The predicted octanol–water partition coefficient (Wildman–Crippen LogP) is 2.03. The lowest BCUT2D eigenvalue weighted by Crippen LogP contribution is -2.46. The quantitative estimate of drug-likeness (QED) is 0.390. The van der Waals surface area contributed by atoms with Crippen LogP contribution in [0.2, 0.25) is 5.02 Å². The van der Waals surface area contributed by atoms with Gasteiger partial charge >= 0.3 is 0 Å². The molecule has 2 heterocycles.